The summed E-state index contributed by atoms with van der Waals surface area (Å²) in [5.41, 5.74) is 3.79. The Kier molecular flexibility index (Phi) is 5.44. The molecule has 2 nitrogen and oxygen atoms in total. The van der Waals surface area contributed by atoms with Crippen LogP contribution in [0.5, 0.6) is 0 Å². The Morgan fingerprint density at radius 3 is 1.95 bits per heavy atom. The molecule has 1 amide bonds. The number of rotatable bonds is 5. The van der Waals surface area contributed by atoms with Crippen LogP contribution in [-0.2, 0) is 4.79 Å². The zero-order valence-corrected chi connectivity index (χ0v) is 13.9. The zero-order chi connectivity index (χ0) is 15.4. The molecule has 1 aliphatic rings. The van der Waals surface area contributed by atoms with Crippen molar-refractivity contribution in [2.45, 2.75) is 77.7 Å². The van der Waals surface area contributed by atoms with Gasteiger partial charge in [-0.05, 0) is 35.8 Å². The Bertz CT molecular complexity index is 446. The second-order valence-electron chi connectivity index (χ2n) is 6.90. The Balaban J connectivity index is 2.49. The van der Waals surface area contributed by atoms with Crippen molar-refractivity contribution >= 4 is 12.1 Å². The summed E-state index contributed by atoms with van der Waals surface area (Å²) in [4.78, 5) is 13.9. The van der Waals surface area contributed by atoms with Crippen molar-refractivity contribution in [2.75, 3.05) is 4.90 Å². The lowest BCUT2D eigenvalue weighted by atomic mass is 9.89. The van der Waals surface area contributed by atoms with E-state index in [0.29, 0.717) is 17.9 Å². The maximum Gasteiger partial charge on any atom is 0.214 e. The van der Waals surface area contributed by atoms with Crippen LogP contribution in [0.2, 0.25) is 0 Å². The van der Waals surface area contributed by atoms with Crippen LogP contribution in [-0.4, -0.2) is 12.5 Å². The molecule has 0 aliphatic heterocycles. The number of hydrogen-bond donors (Lipinski definition) is 0. The first-order valence-corrected chi connectivity index (χ1v) is 8.42. The molecule has 0 spiro atoms. The molecule has 2 rings (SSSR count). The van der Waals surface area contributed by atoms with Crippen molar-refractivity contribution in [3.8, 4) is 0 Å². The summed E-state index contributed by atoms with van der Waals surface area (Å²) in [6.45, 7) is 8.86. The maximum absolute atomic E-state index is 11.9. The first-order valence-electron chi connectivity index (χ1n) is 8.42. The number of hydrogen-bond acceptors (Lipinski definition) is 1. The predicted octanol–water partition coefficient (Wildman–Crippen LogP) is 5.23. The van der Waals surface area contributed by atoms with Gasteiger partial charge in [0.2, 0.25) is 6.41 Å². The fourth-order valence-corrected chi connectivity index (χ4v) is 3.49. The van der Waals surface area contributed by atoms with Crippen molar-refractivity contribution in [1.29, 1.82) is 0 Å². The van der Waals surface area contributed by atoms with Gasteiger partial charge in [0.1, 0.15) is 0 Å². The average molecular weight is 287 g/mol. The highest BCUT2D eigenvalue weighted by Gasteiger charge is 2.26. The third-order valence-electron chi connectivity index (χ3n) is 4.68. The van der Waals surface area contributed by atoms with Crippen LogP contribution in [0.1, 0.15) is 82.8 Å². The standard InChI is InChI=1S/C19H29NO/c1-14(2)17-11-8-12-18(15(3)4)19(17)20(13-21)16-9-6-5-7-10-16/h8,11-16H,5-7,9-10H2,1-4H3. The minimum atomic E-state index is 0.383. The van der Waals surface area contributed by atoms with Crippen LogP contribution in [0.25, 0.3) is 0 Å². The minimum Gasteiger partial charge on any atom is -0.311 e. The van der Waals surface area contributed by atoms with Crippen LogP contribution in [0.4, 0.5) is 5.69 Å². The second-order valence-corrected chi connectivity index (χ2v) is 6.90. The van der Waals surface area contributed by atoms with Gasteiger partial charge in [-0.25, -0.2) is 0 Å². The number of benzene rings is 1. The summed E-state index contributed by atoms with van der Waals surface area (Å²) >= 11 is 0. The molecule has 0 unspecified atom stereocenters. The zero-order valence-electron chi connectivity index (χ0n) is 13.9. The van der Waals surface area contributed by atoms with E-state index in [1.807, 2.05) is 4.90 Å². The van der Waals surface area contributed by atoms with Crippen LogP contribution < -0.4 is 4.90 Å². The third-order valence-corrected chi connectivity index (χ3v) is 4.68. The fourth-order valence-electron chi connectivity index (χ4n) is 3.49. The molecular formula is C19H29NO. The molecule has 116 valence electrons. The molecule has 1 fully saturated rings. The van der Waals surface area contributed by atoms with Crippen LogP contribution in [0.3, 0.4) is 0 Å². The normalized spacial score (nSPS) is 16.5. The Morgan fingerprint density at radius 1 is 1.00 bits per heavy atom. The van der Waals surface area contributed by atoms with Gasteiger partial charge in [0.25, 0.3) is 0 Å². The first kappa shape index (κ1) is 16.1. The highest BCUT2D eigenvalue weighted by molar-refractivity contribution is 5.81. The van der Waals surface area contributed by atoms with E-state index in [0.717, 1.165) is 19.3 Å². The van der Waals surface area contributed by atoms with Gasteiger partial charge >= 0.3 is 0 Å². The number of amides is 1. The van der Waals surface area contributed by atoms with Crippen LogP contribution >= 0.6 is 0 Å². The molecule has 0 heterocycles. The predicted molar refractivity (Wildman–Crippen MR) is 90.0 cm³/mol. The monoisotopic (exact) mass is 287 g/mol. The quantitative estimate of drug-likeness (QED) is 0.679. The number of nitrogens with zero attached hydrogens (tertiary/aromatic N) is 1. The van der Waals surface area contributed by atoms with Crippen molar-refractivity contribution in [1.82, 2.24) is 0 Å². The van der Waals surface area contributed by atoms with Crippen LogP contribution in [0, 0.1) is 0 Å². The number of carbonyl (C=O) groups excluding carboxylic acids is 1. The summed E-state index contributed by atoms with van der Waals surface area (Å²) in [5, 5.41) is 0. The molecule has 21 heavy (non-hydrogen) atoms. The fraction of sp³-hybridized carbons (Fsp3) is 0.632. The number of anilines is 1. The van der Waals surface area contributed by atoms with E-state index in [4.69, 9.17) is 0 Å². The highest BCUT2D eigenvalue weighted by Crippen LogP contribution is 2.37. The van der Waals surface area contributed by atoms with Crippen molar-refractivity contribution in [3.63, 3.8) is 0 Å². The second kappa shape index (κ2) is 7.11. The summed E-state index contributed by atoms with van der Waals surface area (Å²) in [7, 11) is 0. The summed E-state index contributed by atoms with van der Waals surface area (Å²) < 4.78 is 0. The van der Waals surface area contributed by atoms with Crippen molar-refractivity contribution in [3.05, 3.63) is 29.3 Å². The Labute approximate surface area is 129 Å². The summed E-state index contributed by atoms with van der Waals surface area (Å²) in [6, 6.07) is 6.89. The molecule has 1 aromatic carbocycles. The largest absolute Gasteiger partial charge is 0.311 e. The lowest BCUT2D eigenvalue weighted by Gasteiger charge is -2.35. The Hall–Kier alpha value is -1.31. The summed E-state index contributed by atoms with van der Waals surface area (Å²) in [5.74, 6) is 0.870. The lowest BCUT2D eigenvalue weighted by Crippen LogP contribution is -2.37. The van der Waals surface area contributed by atoms with E-state index in [1.165, 1.54) is 36.1 Å². The molecule has 0 bridgehead atoms. The van der Waals surface area contributed by atoms with Gasteiger partial charge in [-0.15, -0.1) is 0 Å². The van der Waals surface area contributed by atoms with E-state index in [1.54, 1.807) is 0 Å². The van der Waals surface area contributed by atoms with Gasteiger partial charge in [-0.1, -0.05) is 65.2 Å². The average Bonchev–Trinajstić information content (AvgIpc) is 2.48. The van der Waals surface area contributed by atoms with E-state index >= 15 is 0 Å². The topological polar surface area (TPSA) is 20.3 Å². The van der Waals surface area contributed by atoms with Crippen LogP contribution in [0.15, 0.2) is 18.2 Å². The highest BCUT2D eigenvalue weighted by atomic mass is 16.1. The first-order chi connectivity index (χ1) is 10.1. The minimum absolute atomic E-state index is 0.383. The van der Waals surface area contributed by atoms with Crippen molar-refractivity contribution < 1.29 is 4.79 Å². The molecule has 0 radical (unpaired) electrons. The van der Waals surface area contributed by atoms with E-state index < -0.39 is 0 Å². The van der Waals surface area contributed by atoms with Gasteiger partial charge in [-0.2, -0.15) is 0 Å². The van der Waals surface area contributed by atoms with Gasteiger partial charge in [-0.3, -0.25) is 4.79 Å². The Morgan fingerprint density at radius 2 is 1.52 bits per heavy atom. The molecular weight excluding hydrogens is 258 g/mol. The van der Waals surface area contributed by atoms with E-state index in [2.05, 4.69) is 45.9 Å². The molecule has 0 saturated heterocycles. The molecule has 2 heteroatoms. The van der Waals surface area contributed by atoms with E-state index in [-0.39, 0.29) is 0 Å². The molecule has 1 aromatic rings. The SMILES string of the molecule is CC(C)c1cccc(C(C)C)c1N(C=O)C1CCCCC1. The lowest BCUT2D eigenvalue weighted by molar-refractivity contribution is -0.108. The smallest absolute Gasteiger partial charge is 0.214 e. The van der Waals surface area contributed by atoms with Gasteiger partial charge < -0.3 is 4.90 Å². The molecule has 0 atom stereocenters. The molecule has 0 aromatic heterocycles. The molecule has 1 saturated carbocycles. The van der Waals surface area contributed by atoms with Gasteiger partial charge in [0, 0.05) is 6.04 Å². The van der Waals surface area contributed by atoms with Crippen molar-refractivity contribution in [2.24, 2.45) is 0 Å². The van der Waals surface area contributed by atoms with Gasteiger partial charge in [0.15, 0.2) is 0 Å². The molecule has 0 N–H and O–H groups in total. The third kappa shape index (κ3) is 3.48. The maximum atomic E-state index is 11.9. The van der Waals surface area contributed by atoms with Gasteiger partial charge in [0.05, 0.1) is 5.69 Å². The number of para-hydroxylation sites is 1. The molecule has 1 aliphatic carbocycles. The van der Waals surface area contributed by atoms with E-state index in [9.17, 15) is 4.79 Å². The number of carbonyl (C=O) groups is 1. The summed E-state index contributed by atoms with van der Waals surface area (Å²) in [6.07, 6.45) is 7.16.